The van der Waals surface area contributed by atoms with Crippen LogP contribution < -0.4 is 5.32 Å². The molecule has 2 fully saturated rings. The quantitative estimate of drug-likeness (QED) is 0.724. The second kappa shape index (κ2) is 6.02. The number of nitrogens with one attached hydrogen (secondary N) is 1. The van der Waals surface area contributed by atoms with Crippen LogP contribution in [0.5, 0.6) is 0 Å². The highest BCUT2D eigenvalue weighted by Gasteiger charge is 2.25. The Morgan fingerprint density at radius 2 is 1.81 bits per heavy atom. The molecule has 16 heavy (non-hydrogen) atoms. The van der Waals surface area contributed by atoms with E-state index in [-0.39, 0.29) is 6.10 Å². The number of hydrogen-bond acceptors (Lipinski definition) is 2. The van der Waals surface area contributed by atoms with Gasteiger partial charge in [0.1, 0.15) is 0 Å². The molecule has 2 N–H and O–H groups in total. The van der Waals surface area contributed by atoms with Crippen molar-refractivity contribution in [1.29, 1.82) is 0 Å². The molecule has 0 aliphatic heterocycles. The minimum atomic E-state index is -0.0304. The molecule has 0 heterocycles. The summed E-state index contributed by atoms with van der Waals surface area (Å²) < 4.78 is 0. The van der Waals surface area contributed by atoms with E-state index in [0.717, 1.165) is 24.9 Å². The molecule has 4 unspecified atom stereocenters. The van der Waals surface area contributed by atoms with Gasteiger partial charge in [-0.25, -0.2) is 0 Å². The van der Waals surface area contributed by atoms with Crippen LogP contribution in [0.1, 0.15) is 58.3 Å². The van der Waals surface area contributed by atoms with Crippen LogP contribution >= 0.6 is 0 Å². The van der Waals surface area contributed by atoms with E-state index in [1.807, 2.05) is 0 Å². The first-order valence-corrected chi connectivity index (χ1v) is 7.17. The SMILES string of the molecule is CC1CCCC(NCC2CCCC2O)CC1. The third-order valence-electron chi connectivity index (χ3n) is 4.55. The van der Waals surface area contributed by atoms with Gasteiger partial charge in [-0.1, -0.05) is 26.2 Å². The highest BCUT2D eigenvalue weighted by atomic mass is 16.3. The summed E-state index contributed by atoms with van der Waals surface area (Å²) in [6.07, 6.45) is 10.3. The van der Waals surface area contributed by atoms with Gasteiger partial charge in [-0.2, -0.15) is 0 Å². The maximum absolute atomic E-state index is 9.78. The van der Waals surface area contributed by atoms with Gasteiger partial charge in [0.15, 0.2) is 0 Å². The zero-order valence-corrected chi connectivity index (χ0v) is 10.6. The summed E-state index contributed by atoms with van der Waals surface area (Å²) in [4.78, 5) is 0. The Labute approximate surface area is 99.8 Å². The van der Waals surface area contributed by atoms with E-state index in [1.165, 1.54) is 44.9 Å². The lowest BCUT2D eigenvalue weighted by atomic mass is 10.0. The van der Waals surface area contributed by atoms with Crippen molar-refractivity contribution in [3.05, 3.63) is 0 Å². The van der Waals surface area contributed by atoms with Gasteiger partial charge in [0.05, 0.1) is 6.10 Å². The van der Waals surface area contributed by atoms with E-state index in [2.05, 4.69) is 12.2 Å². The van der Waals surface area contributed by atoms with Crippen LogP contribution in [-0.4, -0.2) is 23.8 Å². The van der Waals surface area contributed by atoms with E-state index in [0.29, 0.717) is 5.92 Å². The monoisotopic (exact) mass is 225 g/mol. The summed E-state index contributed by atoms with van der Waals surface area (Å²) in [7, 11) is 0. The lowest BCUT2D eigenvalue weighted by Gasteiger charge is -2.21. The Kier molecular flexibility index (Phi) is 4.66. The normalized spacial score (nSPS) is 40.9. The first kappa shape index (κ1) is 12.4. The minimum absolute atomic E-state index is 0.0304. The van der Waals surface area contributed by atoms with Crippen molar-refractivity contribution in [3.63, 3.8) is 0 Å². The Hall–Kier alpha value is -0.0800. The van der Waals surface area contributed by atoms with Crippen LogP contribution in [-0.2, 0) is 0 Å². The average molecular weight is 225 g/mol. The van der Waals surface area contributed by atoms with Gasteiger partial charge in [0, 0.05) is 12.6 Å². The summed E-state index contributed by atoms with van der Waals surface area (Å²) in [6.45, 7) is 3.42. The van der Waals surface area contributed by atoms with Crippen LogP contribution in [0.3, 0.4) is 0 Å². The maximum atomic E-state index is 9.78. The van der Waals surface area contributed by atoms with Crippen LogP contribution in [0, 0.1) is 11.8 Å². The highest BCUT2D eigenvalue weighted by molar-refractivity contribution is 4.81. The van der Waals surface area contributed by atoms with Gasteiger partial charge in [0.25, 0.3) is 0 Å². The molecular formula is C14H27NO. The fraction of sp³-hybridized carbons (Fsp3) is 1.00. The molecular weight excluding hydrogens is 198 g/mol. The van der Waals surface area contributed by atoms with Crippen LogP contribution in [0.25, 0.3) is 0 Å². The second-order valence-corrected chi connectivity index (χ2v) is 5.98. The molecule has 2 heteroatoms. The topological polar surface area (TPSA) is 32.3 Å². The van der Waals surface area contributed by atoms with E-state index < -0.39 is 0 Å². The fourth-order valence-electron chi connectivity index (χ4n) is 3.26. The Bertz CT molecular complexity index is 207. The molecule has 0 spiro atoms. The lowest BCUT2D eigenvalue weighted by molar-refractivity contribution is 0.129. The summed E-state index contributed by atoms with van der Waals surface area (Å²) in [5.74, 6) is 1.45. The van der Waals surface area contributed by atoms with Gasteiger partial charge in [-0.3, -0.25) is 0 Å². The van der Waals surface area contributed by atoms with Gasteiger partial charge >= 0.3 is 0 Å². The lowest BCUT2D eigenvalue weighted by Crippen LogP contribution is -2.35. The summed E-state index contributed by atoms with van der Waals surface area (Å²) in [5, 5.41) is 13.5. The highest BCUT2D eigenvalue weighted by Crippen LogP contribution is 2.26. The largest absolute Gasteiger partial charge is 0.393 e. The predicted molar refractivity (Wildman–Crippen MR) is 67.4 cm³/mol. The van der Waals surface area contributed by atoms with Crippen molar-refractivity contribution in [2.24, 2.45) is 11.8 Å². The molecule has 94 valence electrons. The summed E-state index contributed by atoms with van der Waals surface area (Å²) in [5.41, 5.74) is 0. The third-order valence-corrected chi connectivity index (χ3v) is 4.55. The maximum Gasteiger partial charge on any atom is 0.0580 e. The van der Waals surface area contributed by atoms with E-state index in [1.54, 1.807) is 0 Å². The molecule has 0 aromatic rings. The second-order valence-electron chi connectivity index (χ2n) is 5.98. The first-order chi connectivity index (χ1) is 7.75. The number of aliphatic hydroxyl groups is 1. The molecule has 4 atom stereocenters. The minimum Gasteiger partial charge on any atom is -0.393 e. The Morgan fingerprint density at radius 3 is 2.56 bits per heavy atom. The van der Waals surface area contributed by atoms with E-state index in [4.69, 9.17) is 0 Å². The van der Waals surface area contributed by atoms with Crippen LogP contribution in [0.15, 0.2) is 0 Å². The molecule has 0 bridgehead atoms. The fourth-order valence-corrected chi connectivity index (χ4v) is 3.26. The van der Waals surface area contributed by atoms with E-state index >= 15 is 0 Å². The first-order valence-electron chi connectivity index (χ1n) is 7.17. The van der Waals surface area contributed by atoms with Crippen molar-refractivity contribution in [3.8, 4) is 0 Å². The van der Waals surface area contributed by atoms with Crippen molar-refractivity contribution >= 4 is 0 Å². The number of rotatable bonds is 3. The average Bonchev–Trinajstić information content (AvgIpc) is 2.55. The molecule has 2 rings (SSSR count). The summed E-state index contributed by atoms with van der Waals surface area (Å²) >= 11 is 0. The molecule has 2 aliphatic carbocycles. The number of hydrogen-bond donors (Lipinski definition) is 2. The van der Waals surface area contributed by atoms with Crippen LogP contribution in [0.4, 0.5) is 0 Å². The molecule has 2 saturated carbocycles. The standard InChI is InChI=1S/C14H27NO/c1-11-4-2-6-13(9-8-11)15-10-12-5-3-7-14(12)16/h11-16H,2-10H2,1H3. The molecule has 0 aromatic heterocycles. The Balaban J connectivity index is 1.68. The smallest absolute Gasteiger partial charge is 0.0580 e. The zero-order chi connectivity index (χ0) is 11.4. The third kappa shape index (κ3) is 3.46. The van der Waals surface area contributed by atoms with Gasteiger partial charge in [0.2, 0.25) is 0 Å². The number of aliphatic hydroxyl groups excluding tert-OH is 1. The van der Waals surface area contributed by atoms with Crippen molar-refractivity contribution < 1.29 is 5.11 Å². The zero-order valence-electron chi connectivity index (χ0n) is 10.6. The molecule has 0 radical (unpaired) electrons. The van der Waals surface area contributed by atoms with Crippen LogP contribution in [0.2, 0.25) is 0 Å². The summed E-state index contributed by atoms with van der Waals surface area (Å²) in [6, 6.07) is 0.720. The van der Waals surface area contributed by atoms with Crippen molar-refractivity contribution in [2.75, 3.05) is 6.54 Å². The molecule has 0 aromatic carbocycles. The molecule has 0 saturated heterocycles. The van der Waals surface area contributed by atoms with Gasteiger partial charge < -0.3 is 10.4 Å². The predicted octanol–water partition coefficient (Wildman–Crippen LogP) is 2.71. The molecule has 2 aliphatic rings. The van der Waals surface area contributed by atoms with E-state index in [9.17, 15) is 5.11 Å². The van der Waals surface area contributed by atoms with Gasteiger partial charge in [-0.15, -0.1) is 0 Å². The van der Waals surface area contributed by atoms with Crippen molar-refractivity contribution in [1.82, 2.24) is 5.32 Å². The van der Waals surface area contributed by atoms with Crippen molar-refractivity contribution in [2.45, 2.75) is 70.4 Å². The van der Waals surface area contributed by atoms with Gasteiger partial charge in [-0.05, 0) is 43.9 Å². The Morgan fingerprint density at radius 1 is 1.00 bits per heavy atom. The molecule has 0 amide bonds. The molecule has 2 nitrogen and oxygen atoms in total.